The minimum Gasteiger partial charge on any atom is -0.397 e. The van der Waals surface area contributed by atoms with E-state index in [0.717, 1.165) is 21.2 Å². The zero-order chi connectivity index (χ0) is 12.3. The minimum atomic E-state index is 0.677. The van der Waals surface area contributed by atoms with E-state index in [1.165, 1.54) is 0 Å². The summed E-state index contributed by atoms with van der Waals surface area (Å²) in [5, 5.41) is 1.40. The summed E-state index contributed by atoms with van der Waals surface area (Å²) in [5.74, 6) is 0.730. The van der Waals surface area contributed by atoms with Crippen LogP contribution >= 0.6 is 35.0 Å². The molecular weight excluding hydrogens is 275 g/mol. The number of nitrogen functional groups attached to an aromatic ring is 1. The highest BCUT2D eigenvalue weighted by Crippen LogP contribution is 2.30. The van der Waals surface area contributed by atoms with Crippen LogP contribution in [0.15, 0.2) is 41.6 Å². The van der Waals surface area contributed by atoms with E-state index in [4.69, 9.17) is 28.9 Å². The molecule has 0 radical (unpaired) electrons. The van der Waals surface area contributed by atoms with Crippen molar-refractivity contribution in [1.82, 2.24) is 4.98 Å². The maximum absolute atomic E-state index is 6.09. The first-order valence-corrected chi connectivity index (χ1v) is 6.67. The summed E-state index contributed by atoms with van der Waals surface area (Å²) >= 11 is 13.6. The fourth-order valence-corrected chi connectivity index (χ4v) is 2.72. The molecule has 2 aromatic rings. The normalized spacial score (nSPS) is 10.5. The number of hydrogen-bond acceptors (Lipinski definition) is 3. The first-order valence-electron chi connectivity index (χ1n) is 4.93. The Balaban J connectivity index is 2.12. The van der Waals surface area contributed by atoms with Crippen LogP contribution in [0, 0.1) is 0 Å². The Kier molecular flexibility index (Phi) is 4.15. The lowest BCUT2D eigenvalue weighted by Crippen LogP contribution is -1.90. The monoisotopic (exact) mass is 284 g/mol. The summed E-state index contributed by atoms with van der Waals surface area (Å²) in [6, 6.07) is 7.33. The molecular formula is C12H10Cl2N2S. The fourth-order valence-electron chi connectivity index (χ4n) is 1.33. The first kappa shape index (κ1) is 12.6. The molecule has 2 nitrogen and oxygen atoms in total. The fraction of sp³-hybridized carbons (Fsp3) is 0.0833. The second-order valence-electron chi connectivity index (χ2n) is 3.44. The highest BCUT2D eigenvalue weighted by atomic mass is 35.5. The number of benzene rings is 1. The van der Waals surface area contributed by atoms with Crippen molar-refractivity contribution in [2.75, 3.05) is 5.73 Å². The molecule has 0 amide bonds. The Bertz CT molecular complexity index is 532. The van der Waals surface area contributed by atoms with Gasteiger partial charge in [0, 0.05) is 26.9 Å². The van der Waals surface area contributed by atoms with Gasteiger partial charge in [0.1, 0.15) is 0 Å². The molecule has 5 heteroatoms. The van der Waals surface area contributed by atoms with Crippen LogP contribution in [-0.4, -0.2) is 4.98 Å². The van der Waals surface area contributed by atoms with Crippen molar-refractivity contribution < 1.29 is 0 Å². The van der Waals surface area contributed by atoms with E-state index in [1.54, 1.807) is 36.3 Å². The lowest BCUT2D eigenvalue weighted by atomic mass is 10.2. The number of nitrogens with two attached hydrogens (primary N) is 1. The second-order valence-corrected chi connectivity index (χ2v) is 5.30. The van der Waals surface area contributed by atoms with Gasteiger partial charge in [-0.05, 0) is 29.8 Å². The number of halogens is 2. The molecule has 1 heterocycles. The van der Waals surface area contributed by atoms with Crippen molar-refractivity contribution in [1.29, 1.82) is 0 Å². The summed E-state index contributed by atoms with van der Waals surface area (Å²) in [6.45, 7) is 0. The Hall–Kier alpha value is -0.900. The minimum absolute atomic E-state index is 0.677. The Morgan fingerprint density at radius 1 is 1.24 bits per heavy atom. The summed E-state index contributed by atoms with van der Waals surface area (Å²) < 4.78 is 0. The molecule has 88 valence electrons. The SMILES string of the molecule is Nc1cnccc1SCc1cc(Cl)ccc1Cl. The van der Waals surface area contributed by atoms with Crippen molar-refractivity contribution in [3.63, 3.8) is 0 Å². The Labute approximate surface area is 114 Å². The lowest BCUT2D eigenvalue weighted by molar-refractivity contribution is 1.26. The van der Waals surface area contributed by atoms with Crippen molar-refractivity contribution in [3.05, 3.63) is 52.3 Å². The quantitative estimate of drug-likeness (QED) is 0.856. The highest BCUT2D eigenvalue weighted by Gasteiger charge is 2.04. The van der Waals surface area contributed by atoms with Crippen LogP contribution in [0.4, 0.5) is 5.69 Å². The highest BCUT2D eigenvalue weighted by molar-refractivity contribution is 7.98. The van der Waals surface area contributed by atoms with Gasteiger partial charge in [0.25, 0.3) is 0 Å². The van der Waals surface area contributed by atoms with E-state index >= 15 is 0 Å². The number of rotatable bonds is 3. The molecule has 0 spiro atoms. The molecule has 0 aliphatic carbocycles. The molecule has 2 rings (SSSR count). The average Bonchev–Trinajstić information content (AvgIpc) is 2.32. The number of nitrogens with zero attached hydrogens (tertiary/aromatic N) is 1. The van der Waals surface area contributed by atoms with Crippen LogP contribution in [0.5, 0.6) is 0 Å². The Morgan fingerprint density at radius 3 is 2.82 bits per heavy atom. The second kappa shape index (κ2) is 5.63. The van der Waals surface area contributed by atoms with Gasteiger partial charge >= 0.3 is 0 Å². The lowest BCUT2D eigenvalue weighted by Gasteiger charge is -2.06. The number of hydrogen-bond donors (Lipinski definition) is 1. The molecule has 0 saturated heterocycles. The van der Waals surface area contributed by atoms with Gasteiger partial charge in [-0.25, -0.2) is 0 Å². The predicted molar refractivity (Wildman–Crippen MR) is 74.7 cm³/mol. The van der Waals surface area contributed by atoms with Crippen LogP contribution < -0.4 is 5.73 Å². The number of pyridine rings is 1. The van der Waals surface area contributed by atoms with Crippen LogP contribution in [0.3, 0.4) is 0 Å². The third-order valence-corrected chi connectivity index (χ3v) is 3.94. The van der Waals surface area contributed by atoms with E-state index in [9.17, 15) is 0 Å². The maximum atomic E-state index is 6.09. The number of anilines is 1. The first-order chi connectivity index (χ1) is 8.16. The molecule has 0 saturated carbocycles. The molecule has 1 aromatic carbocycles. The predicted octanol–water partition coefficient (Wildman–Crippen LogP) is 4.26. The largest absolute Gasteiger partial charge is 0.397 e. The van der Waals surface area contributed by atoms with Gasteiger partial charge < -0.3 is 5.73 Å². The Morgan fingerprint density at radius 2 is 2.06 bits per heavy atom. The van der Waals surface area contributed by atoms with E-state index in [1.807, 2.05) is 12.1 Å². The molecule has 1 aromatic heterocycles. The smallest absolute Gasteiger partial charge is 0.0638 e. The van der Waals surface area contributed by atoms with Crippen molar-refractivity contribution in [2.24, 2.45) is 0 Å². The summed E-state index contributed by atoms with van der Waals surface area (Å²) in [4.78, 5) is 4.94. The zero-order valence-electron chi connectivity index (χ0n) is 8.86. The molecule has 0 unspecified atom stereocenters. The topological polar surface area (TPSA) is 38.9 Å². The third-order valence-electron chi connectivity index (χ3n) is 2.20. The van der Waals surface area contributed by atoms with E-state index < -0.39 is 0 Å². The van der Waals surface area contributed by atoms with Crippen LogP contribution in [0.25, 0.3) is 0 Å². The van der Waals surface area contributed by atoms with Gasteiger partial charge in [-0.3, -0.25) is 4.98 Å². The molecule has 17 heavy (non-hydrogen) atoms. The molecule has 0 aliphatic rings. The van der Waals surface area contributed by atoms with Crippen LogP contribution in [0.2, 0.25) is 10.0 Å². The third kappa shape index (κ3) is 3.28. The van der Waals surface area contributed by atoms with Crippen LogP contribution in [-0.2, 0) is 5.75 Å². The zero-order valence-corrected chi connectivity index (χ0v) is 11.2. The summed E-state index contributed by atoms with van der Waals surface area (Å²) in [5.41, 5.74) is 7.49. The van der Waals surface area contributed by atoms with E-state index in [2.05, 4.69) is 4.98 Å². The molecule has 2 N–H and O–H groups in total. The van der Waals surface area contributed by atoms with E-state index in [0.29, 0.717) is 10.7 Å². The molecule has 0 fully saturated rings. The molecule has 0 bridgehead atoms. The van der Waals surface area contributed by atoms with Gasteiger partial charge in [0.2, 0.25) is 0 Å². The number of thioether (sulfide) groups is 1. The van der Waals surface area contributed by atoms with Gasteiger partial charge in [0.15, 0.2) is 0 Å². The van der Waals surface area contributed by atoms with Gasteiger partial charge in [-0.2, -0.15) is 0 Å². The standard InChI is InChI=1S/C12H10Cl2N2S/c13-9-1-2-10(14)8(5-9)7-17-12-3-4-16-6-11(12)15/h1-6H,7,15H2. The maximum Gasteiger partial charge on any atom is 0.0638 e. The van der Waals surface area contributed by atoms with Gasteiger partial charge in [0.05, 0.1) is 11.9 Å². The summed E-state index contributed by atoms with van der Waals surface area (Å²) in [6.07, 6.45) is 3.36. The van der Waals surface area contributed by atoms with E-state index in [-0.39, 0.29) is 0 Å². The number of aromatic nitrogens is 1. The van der Waals surface area contributed by atoms with Crippen molar-refractivity contribution in [2.45, 2.75) is 10.6 Å². The van der Waals surface area contributed by atoms with Gasteiger partial charge in [-0.15, -0.1) is 11.8 Å². The average molecular weight is 285 g/mol. The molecule has 0 atom stereocenters. The van der Waals surface area contributed by atoms with Gasteiger partial charge in [-0.1, -0.05) is 23.2 Å². The van der Waals surface area contributed by atoms with Crippen molar-refractivity contribution in [3.8, 4) is 0 Å². The molecule has 0 aliphatic heterocycles. The summed E-state index contributed by atoms with van der Waals surface area (Å²) in [7, 11) is 0. The van der Waals surface area contributed by atoms with Crippen LogP contribution in [0.1, 0.15) is 5.56 Å². The van der Waals surface area contributed by atoms with Crippen molar-refractivity contribution >= 4 is 40.7 Å².